The highest BCUT2D eigenvalue weighted by Gasteiger charge is 2.13. The minimum absolute atomic E-state index is 0.335. The number of hydrogen-bond acceptors (Lipinski definition) is 8. The summed E-state index contributed by atoms with van der Waals surface area (Å²) in [5, 5.41) is 22.7. The molecule has 5 rings (SSSR count). The fraction of sp³-hybridized carbons (Fsp3) is 0.0833. The van der Waals surface area contributed by atoms with Gasteiger partial charge in [0.2, 0.25) is 11.8 Å². The average molecular weight is 424 g/mol. The van der Waals surface area contributed by atoms with Crippen molar-refractivity contribution in [1.29, 1.82) is 0 Å². The van der Waals surface area contributed by atoms with E-state index in [0.29, 0.717) is 23.8 Å². The zero-order chi connectivity index (χ0) is 21.9. The van der Waals surface area contributed by atoms with E-state index in [4.69, 9.17) is 8.83 Å². The molecule has 0 saturated carbocycles. The van der Waals surface area contributed by atoms with Crippen LogP contribution >= 0.6 is 0 Å². The molecule has 2 N–H and O–H groups in total. The number of aromatic nitrogens is 4. The number of rotatable bonds is 6. The first kappa shape index (κ1) is 19.5. The summed E-state index contributed by atoms with van der Waals surface area (Å²) in [6.07, 6.45) is 0. The molecule has 0 spiro atoms. The molecule has 0 aliphatic carbocycles. The highest BCUT2D eigenvalue weighted by Crippen LogP contribution is 2.27. The number of benzene rings is 3. The quantitative estimate of drug-likeness (QED) is 0.348. The van der Waals surface area contributed by atoms with Gasteiger partial charge in [0.15, 0.2) is 0 Å². The first-order chi connectivity index (χ1) is 15.7. The lowest BCUT2D eigenvalue weighted by atomic mass is 10.1. The van der Waals surface area contributed by atoms with Gasteiger partial charge >= 0.3 is 12.0 Å². The Labute approximate surface area is 184 Å². The van der Waals surface area contributed by atoms with Gasteiger partial charge in [-0.1, -0.05) is 46.6 Å². The summed E-state index contributed by atoms with van der Waals surface area (Å²) < 4.78 is 11.5. The van der Waals surface area contributed by atoms with Crippen LogP contribution in [-0.4, -0.2) is 20.4 Å². The van der Waals surface area contributed by atoms with Crippen LogP contribution in [0.5, 0.6) is 0 Å². The van der Waals surface area contributed by atoms with Crippen molar-refractivity contribution in [2.45, 2.75) is 13.8 Å². The van der Waals surface area contributed by atoms with Crippen LogP contribution in [0.1, 0.15) is 11.1 Å². The fourth-order valence-corrected chi connectivity index (χ4v) is 3.19. The highest BCUT2D eigenvalue weighted by atomic mass is 16.4. The van der Waals surface area contributed by atoms with E-state index in [1.807, 2.05) is 86.6 Å². The molecule has 0 aliphatic heterocycles. The smallest absolute Gasteiger partial charge is 0.320 e. The molecular formula is C24H20N6O2. The molecule has 0 saturated heterocycles. The Bertz CT molecular complexity index is 1250. The predicted octanol–water partition coefficient (Wildman–Crippen LogP) is 5.89. The van der Waals surface area contributed by atoms with Gasteiger partial charge in [0.05, 0.1) is 0 Å². The molecule has 8 nitrogen and oxygen atoms in total. The zero-order valence-corrected chi connectivity index (χ0v) is 17.5. The number of anilines is 4. The summed E-state index contributed by atoms with van der Waals surface area (Å²) in [6.45, 7) is 4.02. The van der Waals surface area contributed by atoms with Crippen LogP contribution in [0.4, 0.5) is 23.4 Å². The first-order valence-electron chi connectivity index (χ1n) is 10.1. The Morgan fingerprint density at radius 2 is 0.938 bits per heavy atom. The van der Waals surface area contributed by atoms with Crippen LogP contribution in [0.3, 0.4) is 0 Å². The molecule has 2 aromatic heterocycles. The van der Waals surface area contributed by atoms with Crippen molar-refractivity contribution in [2.75, 3.05) is 10.6 Å². The van der Waals surface area contributed by atoms with E-state index in [9.17, 15) is 0 Å². The van der Waals surface area contributed by atoms with E-state index >= 15 is 0 Å². The molecule has 0 bridgehead atoms. The summed E-state index contributed by atoms with van der Waals surface area (Å²) in [5.74, 6) is 0.833. The van der Waals surface area contributed by atoms with Gasteiger partial charge in [-0.05, 0) is 61.4 Å². The first-order valence-corrected chi connectivity index (χ1v) is 10.1. The Hall–Kier alpha value is -4.46. The topological polar surface area (TPSA) is 102 Å². The van der Waals surface area contributed by atoms with E-state index < -0.39 is 0 Å². The van der Waals surface area contributed by atoms with Crippen molar-refractivity contribution in [2.24, 2.45) is 0 Å². The van der Waals surface area contributed by atoms with Crippen molar-refractivity contribution < 1.29 is 8.83 Å². The van der Waals surface area contributed by atoms with Crippen LogP contribution in [-0.2, 0) is 0 Å². The fourth-order valence-electron chi connectivity index (χ4n) is 3.19. The van der Waals surface area contributed by atoms with E-state index in [1.165, 1.54) is 0 Å². The second-order valence-electron chi connectivity index (χ2n) is 7.28. The Balaban J connectivity index is 1.30. The van der Waals surface area contributed by atoms with Gasteiger partial charge in [-0.2, -0.15) is 0 Å². The second kappa shape index (κ2) is 8.35. The maximum absolute atomic E-state index is 5.76. The Kier molecular flexibility index (Phi) is 5.09. The van der Waals surface area contributed by atoms with Crippen molar-refractivity contribution in [3.63, 3.8) is 0 Å². The lowest BCUT2D eigenvalue weighted by Crippen LogP contribution is -1.92. The van der Waals surface area contributed by atoms with Gasteiger partial charge in [-0.15, -0.1) is 10.2 Å². The minimum Gasteiger partial charge on any atom is -0.403 e. The Morgan fingerprint density at radius 1 is 0.531 bits per heavy atom. The molecule has 0 unspecified atom stereocenters. The summed E-state index contributed by atoms with van der Waals surface area (Å²) in [6, 6.07) is 24.0. The third-order valence-corrected chi connectivity index (χ3v) is 5.00. The molecule has 0 aliphatic rings. The maximum atomic E-state index is 5.76. The number of para-hydroxylation sites is 2. The molecular weight excluding hydrogens is 404 g/mol. The predicted molar refractivity (Wildman–Crippen MR) is 122 cm³/mol. The van der Waals surface area contributed by atoms with Gasteiger partial charge in [-0.25, -0.2) is 0 Å². The highest BCUT2D eigenvalue weighted by molar-refractivity contribution is 5.64. The maximum Gasteiger partial charge on any atom is 0.320 e. The van der Waals surface area contributed by atoms with Gasteiger partial charge in [-0.3, -0.25) is 0 Å². The van der Waals surface area contributed by atoms with Crippen molar-refractivity contribution in [3.8, 4) is 22.9 Å². The van der Waals surface area contributed by atoms with Crippen LogP contribution in [0, 0.1) is 13.8 Å². The van der Waals surface area contributed by atoms with Crippen molar-refractivity contribution in [1.82, 2.24) is 20.4 Å². The molecule has 0 atom stereocenters. The van der Waals surface area contributed by atoms with Gasteiger partial charge in [0, 0.05) is 22.5 Å². The van der Waals surface area contributed by atoms with Gasteiger partial charge < -0.3 is 19.5 Å². The lowest BCUT2D eigenvalue weighted by molar-refractivity contribution is 0.585. The number of nitrogens with one attached hydrogen (secondary N) is 2. The van der Waals surface area contributed by atoms with Gasteiger partial charge in [0.1, 0.15) is 0 Å². The molecule has 0 amide bonds. The van der Waals surface area contributed by atoms with Gasteiger partial charge in [0.25, 0.3) is 0 Å². The Morgan fingerprint density at radius 3 is 1.34 bits per heavy atom. The SMILES string of the molecule is Cc1ccccc1Nc1nnc(-c2ccc(-c3nnc(Nc4ccccc4C)o3)cc2)o1. The molecule has 0 fully saturated rings. The van der Waals surface area contributed by atoms with E-state index in [2.05, 4.69) is 31.0 Å². The van der Waals surface area contributed by atoms with Crippen LogP contribution in [0.25, 0.3) is 22.9 Å². The minimum atomic E-state index is 0.335. The summed E-state index contributed by atoms with van der Waals surface area (Å²) in [7, 11) is 0. The normalized spacial score (nSPS) is 10.8. The monoisotopic (exact) mass is 424 g/mol. The van der Waals surface area contributed by atoms with Crippen LogP contribution in [0.2, 0.25) is 0 Å². The molecule has 0 radical (unpaired) electrons. The second-order valence-corrected chi connectivity index (χ2v) is 7.28. The summed E-state index contributed by atoms with van der Waals surface area (Å²) >= 11 is 0. The van der Waals surface area contributed by atoms with Crippen LogP contribution < -0.4 is 10.6 Å². The van der Waals surface area contributed by atoms with Crippen LogP contribution in [0.15, 0.2) is 81.6 Å². The zero-order valence-electron chi connectivity index (χ0n) is 17.5. The van der Waals surface area contributed by atoms with Crippen molar-refractivity contribution >= 4 is 23.4 Å². The number of aryl methyl sites for hydroxylation is 2. The van der Waals surface area contributed by atoms with E-state index in [-0.39, 0.29) is 0 Å². The molecule has 5 aromatic rings. The lowest BCUT2D eigenvalue weighted by Gasteiger charge is -2.04. The number of nitrogens with zero attached hydrogens (tertiary/aromatic N) is 4. The standard InChI is InChI=1S/C24H20N6O2/c1-15-7-3-5-9-19(15)25-23-29-27-21(31-23)17-11-13-18(14-12-17)22-28-30-24(32-22)26-20-10-6-4-8-16(20)2/h3-14H,1-2H3,(H,25,29)(H,26,30). The average Bonchev–Trinajstić information content (AvgIpc) is 3.47. The third-order valence-electron chi connectivity index (χ3n) is 5.00. The molecule has 32 heavy (non-hydrogen) atoms. The molecule has 158 valence electrons. The summed E-state index contributed by atoms with van der Waals surface area (Å²) in [5.41, 5.74) is 5.60. The molecule has 3 aromatic carbocycles. The molecule has 8 heteroatoms. The van der Waals surface area contributed by atoms with Crippen molar-refractivity contribution in [3.05, 3.63) is 83.9 Å². The third kappa shape index (κ3) is 4.06. The molecule has 2 heterocycles. The largest absolute Gasteiger partial charge is 0.403 e. The van der Waals surface area contributed by atoms with E-state index in [1.54, 1.807) is 0 Å². The summed E-state index contributed by atoms with van der Waals surface area (Å²) in [4.78, 5) is 0. The number of hydrogen-bond donors (Lipinski definition) is 2. The van der Waals surface area contributed by atoms with E-state index in [0.717, 1.165) is 33.6 Å².